The predicted molar refractivity (Wildman–Crippen MR) is 68.6 cm³/mol. The first kappa shape index (κ1) is 13.8. The Hall–Kier alpha value is -0.220. The molecular weight excluding hydrogens is 222 g/mol. The minimum absolute atomic E-state index is 0.141. The van der Waals surface area contributed by atoms with Gasteiger partial charge in [0.1, 0.15) is 0 Å². The van der Waals surface area contributed by atoms with Gasteiger partial charge in [0.25, 0.3) is 0 Å². The molecule has 1 saturated carbocycles. The van der Waals surface area contributed by atoms with Gasteiger partial charge in [-0.3, -0.25) is 4.79 Å². The predicted octanol–water partition coefficient (Wildman–Crippen LogP) is 1.89. The topological polar surface area (TPSA) is 40.5 Å². The van der Waals surface area contributed by atoms with Crippen LogP contribution in [0.5, 0.6) is 0 Å². The van der Waals surface area contributed by atoms with Crippen molar-refractivity contribution in [2.45, 2.75) is 49.9 Å². The Kier molecular flexibility index (Phi) is 5.12. The molecule has 1 rings (SSSR count). The highest BCUT2D eigenvalue weighted by atomic mass is 32.2. The molecule has 1 aliphatic carbocycles. The van der Waals surface area contributed by atoms with Crippen LogP contribution in [0.4, 0.5) is 0 Å². The highest BCUT2D eigenvalue weighted by Crippen LogP contribution is 2.30. The molecule has 4 heteroatoms. The van der Waals surface area contributed by atoms with Gasteiger partial charge in [-0.2, -0.15) is 11.8 Å². The fourth-order valence-electron chi connectivity index (χ4n) is 2.21. The molecule has 0 spiro atoms. The van der Waals surface area contributed by atoms with Gasteiger partial charge in [-0.1, -0.05) is 19.8 Å². The van der Waals surface area contributed by atoms with Crippen LogP contribution in [0.25, 0.3) is 0 Å². The Morgan fingerprint density at radius 3 is 2.56 bits per heavy atom. The first-order valence-electron chi connectivity index (χ1n) is 5.96. The summed E-state index contributed by atoms with van der Waals surface area (Å²) in [6.07, 6.45) is 6.42. The number of likely N-dealkylation sites (N-methyl/N-ethyl adjacent to an activating group) is 1. The zero-order valence-corrected chi connectivity index (χ0v) is 11.3. The second-order valence-electron chi connectivity index (χ2n) is 4.93. The summed E-state index contributed by atoms with van der Waals surface area (Å²) in [5, 5.41) is 10.6. The number of rotatable bonds is 5. The van der Waals surface area contributed by atoms with Crippen molar-refractivity contribution >= 4 is 17.7 Å². The van der Waals surface area contributed by atoms with Crippen LogP contribution in [0.1, 0.15) is 39.0 Å². The van der Waals surface area contributed by atoms with Crippen molar-refractivity contribution < 1.29 is 9.90 Å². The van der Waals surface area contributed by atoms with Crippen molar-refractivity contribution in [1.82, 2.24) is 4.90 Å². The molecule has 0 heterocycles. The fourth-order valence-corrected chi connectivity index (χ4v) is 2.52. The third kappa shape index (κ3) is 3.98. The Balaban J connectivity index is 2.39. The quantitative estimate of drug-likeness (QED) is 0.804. The molecule has 0 saturated heterocycles. The molecule has 0 bridgehead atoms. The van der Waals surface area contributed by atoms with Gasteiger partial charge in [-0.15, -0.1) is 0 Å². The molecule has 94 valence electrons. The zero-order chi connectivity index (χ0) is 12.2. The van der Waals surface area contributed by atoms with E-state index >= 15 is 0 Å². The second-order valence-corrected chi connectivity index (χ2v) is 6.21. The first-order chi connectivity index (χ1) is 7.47. The summed E-state index contributed by atoms with van der Waals surface area (Å²) in [6, 6.07) is 0. The van der Waals surface area contributed by atoms with Gasteiger partial charge >= 0.3 is 0 Å². The van der Waals surface area contributed by atoms with E-state index in [1.807, 2.05) is 6.26 Å². The highest BCUT2D eigenvalue weighted by molar-refractivity contribution is 7.99. The number of hydrogen-bond donors (Lipinski definition) is 1. The highest BCUT2D eigenvalue weighted by Gasteiger charge is 2.33. The maximum absolute atomic E-state index is 11.8. The largest absolute Gasteiger partial charge is 0.388 e. The number of thioether (sulfide) groups is 1. The summed E-state index contributed by atoms with van der Waals surface area (Å²) in [5.41, 5.74) is -0.618. The van der Waals surface area contributed by atoms with E-state index in [1.165, 1.54) is 0 Å². The molecule has 0 aromatic heterocycles. The number of amides is 1. The molecule has 3 nitrogen and oxygen atoms in total. The monoisotopic (exact) mass is 245 g/mol. The molecule has 1 fully saturated rings. The van der Waals surface area contributed by atoms with Crippen LogP contribution in [0.2, 0.25) is 0 Å². The van der Waals surface area contributed by atoms with Gasteiger partial charge in [0, 0.05) is 25.3 Å². The van der Waals surface area contributed by atoms with Crippen LogP contribution in [-0.4, -0.2) is 46.6 Å². The lowest BCUT2D eigenvalue weighted by Gasteiger charge is -2.29. The number of hydrogen-bond acceptors (Lipinski definition) is 3. The van der Waals surface area contributed by atoms with Crippen molar-refractivity contribution in [1.29, 1.82) is 0 Å². The van der Waals surface area contributed by atoms with E-state index < -0.39 is 5.60 Å². The molecule has 0 aromatic rings. The van der Waals surface area contributed by atoms with E-state index in [2.05, 4.69) is 6.92 Å². The maximum atomic E-state index is 11.8. The average Bonchev–Trinajstić information content (AvgIpc) is 2.64. The summed E-state index contributed by atoms with van der Waals surface area (Å²) in [4.78, 5) is 13.5. The smallest absolute Gasteiger partial charge is 0.223 e. The van der Waals surface area contributed by atoms with Crippen molar-refractivity contribution in [2.24, 2.45) is 0 Å². The van der Waals surface area contributed by atoms with E-state index in [0.29, 0.717) is 18.2 Å². The summed E-state index contributed by atoms with van der Waals surface area (Å²) in [5.74, 6) is 0.141. The Bertz CT molecular complexity index is 239. The van der Waals surface area contributed by atoms with Gasteiger partial charge in [-0.25, -0.2) is 0 Å². The summed E-state index contributed by atoms with van der Waals surface area (Å²) in [7, 11) is 1.80. The van der Waals surface area contributed by atoms with Crippen molar-refractivity contribution in [2.75, 3.05) is 19.8 Å². The van der Waals surface area contributed by atoms with Crippen molar-refractivity contribution in [3.63, 3.8) is 0 Å². The normalized spacial score (nSPS) is 20.8. The molecular formula is C12H23NO2S. The lowest BCUT2D eigenvalue weighted by molar-refractivity contribution is -0.133. The molecule has 0 aliphatic heterocycles. The van der Waals surface area contributed by atoms with Crippen LogP contribution in [0, 0.1) is 0 Å². The zero-order valence-electron chi connectivity index (χ0n) is 10.5. The molecule has 16 heavy (non-hydrogen) atoms. The molecule has 1 unspecified atom stereocenters. The molecule has 0 radical (unpaired) electrons. The minimum Gasteiger partial charge on any atom is -0.388 e. The first-order valence-corrected chi connectivity index (χ1v) is 7.25. The van der Waals surface area contributed by atoms with Crippen LogP contribution in [-0.2, 0) is 4.79 Å². The average molecular weight is 245 g/mol. The van der Waals surface area contributed by atoms with Gasteiger partial charge < -0.3 is 10.0 Å². The summed E-state index contributed by atoms with van der Waals surface area (Å²) < 4.78 is 0. The molecule has 1 atom stereocenters. The molecule has 1 N–H and O–H groups in total. The Labute approximate surface area is 103 Å². The number of carbonyl (C=O) groups excluding carboxylic acids is 1. The van der Waals surface area contributed by atoms with Crippen LogP contribution in [0.15, 0.2) is 0 Å². The fraction of sp³-hybridized carbons (Fsp3) is 0.917. The van der Waals surface area contributed by atoms with Crippen LogP contribution < -0.4 is 0 Å². The molecule has 1 amide bonds. The van der Waals surface area contributed by atoms with Crippen LogP contribution in [0.3, 0.4) is 0 Å². The Morgan fingerprint density at radius 2 is 2.06 bits per heavy atom. The van der Waals surface area contributed by atoms with Gasteiger partial charge in [-0.05, 0) is 19.1 Å². The van der Waals surface area contributed by atoms with Gasteiger partial charge in [0.15, 0.2) is 0 Å². The summed E-state index contributed by atoms with van der Waals surface area (Å²) >= 11 is 1.70. The minimum atomic E-state index is -0.618. The van der Waals surface area contributed by atoms with Gasteiger partial charge in [0.05, 0.1) is 5.60 Å². The third-order valence-corrected chi connectivity index (χ3v) is 4.33. The standard InChI is InChI=1S/C12H23NO2S/c1-10(16-3)8-11(14)13(2)9-12(15)6-4-5-7-12/h10,15H,4-9H2,1-3H3. The number of carbonyl (C=O) groups is 1. The van der Waals surface area contributed by atoms with E-state index in [1.54, 1.807) is 23.7 Å². The van der Waals surface area contributed by atoms with E-state index in [9.17, 15) is 9.90 Å². The van der Waals surface area contributed by atoms with Crippen LogP contribution >= 0.6 is 11.8 Å². The van der Waals surface area contributed by atoms with E-state index in [0.717, 1.165) is 25.7 Å². The van der Waals surface area contributed by atoms with Gasteiger partial charge in [0.2, 0.25) is 5.91 Å². The second kappa shape index (κ2) is 5.92. The van der Waals surface area contributed by atoms with Crippen molar-refractivity contribution in [3.8, 4) is 0 Å². The van der Waals surface area contributed by atoms with E-state index in [-0.39, 0.29) is 5.91 Å². The molecule has 0 aromatic carbocycles. The van der Waals surface area contributed by atoms with E-state index in [4.69, 9.17) is 0 Å². The lowest BCUT2D eigenvalue weighted by Crippen LogP contribution is -2.42. The maximum Gasteiger partial charge on any atom is 0.223 e. The Morgan fingerprint density at radius 1 is 1.50 bits per heavy atom. The SMILES string of the molecule is CSC(C)CC(=O)N(C)CC1(O)CCCC1. The number of nitrogens with zero attached hydrogens (tertiary/aromatic N) is 1. The van der Waals surface area contributed by atoms with Crippen molar-refractivity contribution in [3.05, 3.63) is 0 Å². The third-order valence-electron chi connectivity index (χ3n) is 3.36. The number of aliphatic hydroxyl groups is 1. The summed E-state index contributed by atoms with van der Waals surface area (Å²) in [6.45, 7) is 2.55. The lowest BCUT2D eigenvalue weighted by atomic mass is 10.0. The molecule has 1 aliphatic rings.